The Balaban J connectivity index is 1.50. The summed E-state index contributed by atoms with van der Waals surface area (Å²) in [5.74, 6) is -0.0188. The van der Waals surface area contributed by atoms with Gasteiger partial charge in [-0.15, -0.1) is 0 Å². The highest BCUT2D eigenvalue weighted by atomic mass is 32.1. The molecule has 3 N–H and O–H groups in total. The molecule has 1 saturated heterocycles. The number of aromatic nitrogens is 3. The summed E-state index contributed by atoms with van der Waals surface area (Å²) in [6, 6.07) is 11.4. The average molecular weight is 481 g/mol. The van der Waals surface area contributed by atoms with Crippen molar-refractivity contribution in [1.82, 2.24) is 25.4 Å². The molecule has 4 rings (SSSR count). The maximum Gasteiger partial charge on any atom is 0.264 e. The highest BCUT2D eigenvalue weighted by molar-refractivity contribution is 7.19. The molecular weight excluding hydrogens is 448 g/mol. The molecule has 0 radical (unpaired) electrons. The fraction of sp³-hybridized carbons (Fsp3) is 0.440. The van der Waals surface area contributed by atoms with E-state index in [0.717, 1.165) is 47.9 Å². The zero-order chi connectivity index (χ0) is 23.9. The van der Waals surface area contributed by atoms with Crippen molar-refractivity contribution in [2.24, 2.45) is 0 Å². The molecule has 3 aromatic rings. The van der Waals surface area contributed by atoms with Gasteiger partial charge in [0.15, 0.2) is 5.13 Å². The van der Waals surface area contributed by atoms with Gasteiger partial charge in [-0.2, -0.15) is 5.10 Å². The predicted molar refractivity (Wildman–Crippen MR) is 137 cm³/mol. The van der Waals surface area contributed by atoms with Crippen LogP contribution in [0.1, 0.15) is 44.6 Å². The Labute approximate surface area is 203 Å². The Morgan fingerprint density at radius 2 is 1.91 bits per heavy atom. The lowest BCUT2D eigenvalue weighted by Crippen LogP contribution is -2.38. The van der Waals surface area contributed by atoms with Crippen molar-refractivity contribution >= 4 is 22.4 Å². The molecule has 2 aromatic heterocycles. The molecule has 1 aliphatic heterocycles. The monoisotopic (exact) mass is 480 g/mol. The summed E-state index contributed by atoms with van der Waals surface area (Å²) in [5.41, 5.74) is 2.97. The van der Waals surface area contributed by atoms with Crippen molar-refractivity contribution in [1.29, 1.82) is 0 Å². The van der Waals surface area contributed by atoms with Crippen LogP contribution in [0.25, 0.3) is 21.8 Å². The quantitative estimate of drug-likeness (QED) is 0.404. The number of piperidine rings is 1. The average Bonchev–Trinajstić information content (AvgIpc) is 3.26. The lowest BCUT2D eigenvalue weighted by atomic mass is 10.00. The minimum atomic E-state index is -0.234. The van der Waals surface area contributed by atoms with Crippen LogP contribution in [0, 0.1) is 0 Å². The number of carbonyl (C=O) groups excluding carboxylic acids is 1. The molecule has 1 fully saturated rings. The van der Waals surface area contributed by atoms with Crippen molar-refractivity contribution in [2.75, 3.05) is 38.0 Å². The normalized spacial score (nSPS) is 14.4. The topological polar surface area (TPSA) is 103 Å². The summed E-state index contributed by atoms with van der Waals surface area (Å²) in [5, 5.41) is 13.6. The van der Waals surface area contributed by atoms with Gasteiger partial charge in [0.25, 0.3) is 5.56 Å². The van der Waals surface area contributed by atoms with Crippen LogP contribution in [0.2, 0.25) is 0 Å². The zero-order valence-electron chi connectivity index (χ0n) is 19.8. The second-order valence-corrected chi connectivity index (χ2v) is 9.88. The molecule has 0 saturated carbocycles. The van der Waals surface area contributed by atoms with Crippen molar-refractivity contribution < 1.29 is 4.79 Å². The van der Waals surface area contributed by atoms with Gasteiger partial charge in [-0.3, -0.25) is 9.59 Å². The van der Waals surface area contributed by atoms with Crippen molar-refractivity contribution in [3.05, 3.63) is 52.3 Å². The predicted octanol–water partition coefficient (Wildman–Crippen LogP) is 3.70. The summed E-state index contributed by atoms with van der Waals surface area (Å²) in [6.07, 6.45) is 3.85. The summed E-state index contributed by atoms with van der Waals surface area (Å²) in [6.45, 7) is 8.33. The molecule has 34 heavy (non-hydrogen) atoms. The lowest BCUT2D eigenvalue weighted by Gasteiger charge is -2.26. The molecule has 180 valence electrons. The van der Waals surface area contributed by atoms with Gasteiger partial charge in [-0.25, -0.2) is 10.1 Å². The smallest absolute Gasteiger partial charge is 0.264 e. The molecule has 0 aliphatic carbocycles. The fourth-order valence-electron chi connectivity index (χ4n) is 4.15. The van der Waals surface area contributed by atoms with E-state index >= 15 is 0 Å². The number of carbonyl (C=O) groups is 1. The van der Waals surface area contributed by atoms with E-state index in [1.54, 1.807) is 6.07 Å². The van der Waals surface area contributed by atoms with Crippen LogP contribution in [0.15, 0.2) is 41.2 Å². The van der Waals surface area contributed by atoms with Gasteiger partial charge in [-0.05, 0) is 37.4 Å². The number of amides is 1. The number of anilines is 1. The third-order valence-corrected chi connectivity index (χ3v) is 6.91. The molecule has 0 bridgehead atoms. The number of hydrogen-bond donors (Lipinski definition) is 3. The van der Waals surface area contributed by atoms with Crippen LogP contribution < -0.4 is 16.2 Å². The highest BCUT2D eigenvalue weighted by Crippen LogP contribution is 2.40. The van der Waals surface area contributed by atoms with Crippen LogP contribution in [-0.4, -0.2) is 58.7 Å². The van der Waals surface area contributed by atoms with E-state index in [2.05, 4.69) is 25.7 Å². The fourth-order valence-corrected chi connectivity index (χ4v) is 5.17. The largest absolute Gasteiger partial charge is 0.307 e. The zero-order valence-corrected chi connectivity index (χ0v) is 20.6. The summed E-state index contributed by atoms with van der Waals surface area (Å²) in [7, 11) is 0. The van der Waals surface area contributed by atoms with Gasteiger partial charge >= 0.3 is 0 Å². The highest BCUT2D eigenvalue weighted by Gasteiger charge is 2.21. The molecule has 9 heteroatoms. The number of rotatable bonds is 9. The number of H-pyrrole nitrogens is 1. The SMILES string of the molecule is CC(C)c1cc(=O)[nH]nc1-c1sc(NC(=O)CNCCN2CCCCC2)nc1-c1ccccc1. The Hall–Kier alpha value is -2.88. The Bertz CT molecular complexity index is 1150. The van der Waals surface area contributed by atoms with E-state index < -0.39 is 0 Å². The number of thiazole rings is 1. The van der Waals surface area contributed by atoms with E-state index in [1.807, 2.05) is 44.2 Å². The first-order chi connectivity index (χ1) is 16.5. The van der Waals surface area contributed by atoms with E-state index in [-0.39, 0.29) is 23.9 Å². The van der Waals surface area contributed by atoms with Crippen LogP contribution in [0.3, 0.4) is 0 Å². The number of nitrogens with zero attached hydrogens (tertiary/aromatic N) is 3. The number of benzene rings is 1. The summed E-state index contributed by atoms with van der Waals surface area (Å²) < 4.78 is 0. The Morgan fingerprint density at radius 3 is 2.65 bits per heavy atom. The van der Waals surface area contributed by atoms with Crippen molar-refractivity contribution in [2.45, 2.75) is 39.0 Å². The first-order valence-electron chi connectivity index (χ1n) is 11.9. The second kappa shape index (κ2) is 11.5. The van der Waals surface area contributed by atoms with Crippen molar-refractivity contribution in [3.63, 3.8) is 0 Å². The molecule has 8 nitrogen and oxygen atoms in total. The first-order valence-corrected chi connectivity index (χ1v) is 12.7. The molecule has 0 unspecified atom stereocenters. The maximum absolute atomic E-state index is 12.6. The maximum atomic E-state index is 12.6. The van der Waals surface area contributed by atoms with E-state index in [9.17, 15) is 9.59 Å². The molecular formula is C25H32N6O2S. The van der Waals surface area contributed by atoms with Gasteiger partial charge in [0.1, 0.15) is 5.69 Å². The summed E-state index contributed by atoms with van der Waals surface area (Å²) in [4.78, 5) is 32.5. The third-order valence-electron chi connectivity index (χ3n) is 5.93. The lowest BCUT2D eigenvalue weighted by molar-refractivity contribution is -0.115. The summed E-state index contributed by atoms with van der Waals surface area (Å²) >= 11 is 1.37. The van der Waals surface area contributed by atoms with Crippen LogP contribution in [0.4, 0.5) is 5.13 Å². The molecule has 1 amide bonds. The van der Waals surface area contributed by atoms with Gasteiger partial charge in [0, 0.05) is 24.7 Å². The molecule has 0 atom stereocenters. The molecule has 0 spiro atoms. The van der Waals surface area contributed by atoms with E-state index in [0.29, 0.717) is 10.8 Å². The van der Waals surface area contributed by atoms with Gasteiger partial charge in [-0.1, -0.05) is 61.9 Å². The number of likely N-dealkylation sites (tertiary alicyclic amines) is 1. The molecule has 1 aliphatic rings. The van der Waals surface area contributed by atoms with Crippen LogP contribution >= 0.6 is 11.3 Å². The van der Waals surface area contributed by atoms with Crippen molar-refractivity contribution in [3.8, 4) is 21.8 Å². The van der Waals surface area contributed by atoms with Gasteiger partial charge < -0.3 is 15.5 Å². The number of aromatic amines is 1. The minimum Gasteiger partial charge on any atom is -0.307 e. The standard InChI is InChI=1S/C25H32N6O2S/c1-17(2)19-15-20(32)29-30-23(19)24-22(18-9-5-3-6-10-18)28-25(34-24)27-21(33)16-26-11-14-31-12-7-4-8-13-31/h3,5-6,9-10,15,17,26H,4,7-8,11-14,16H2,1-2H3,(H,29,32)(H,27,28,33). The van der Waals surface area contributed by atoms with Gasteiger partial charge in [0.2, 0.25) is 5.91 Å². The second-order valence-electron chi connectivity index (χ2n) is 8.88. The molecule has 3 heterocycles. The number of hydrogen-bond acceptors (Lipinski definition) is 7. The Morgan fingerprint density at radius 1 is 1.15 bits per heavy atom. The Kier molecular flexibility index (Phi) is 8.21. The van der Waals surface area contributed by atoms with E-state index in [4.69, 9.17) is 4.98 Å². The van der Waals surface area contributed by atoms with Crippen LogP contribution in [0.5, 0.6) is 0 Å². The van der Waals surface area contributed by atoms with Crippen LogP contribution in [-0.2, 0) is 4.79 Å². The number of nitrogens with one attached hydrogen (secondary N) is 3. The van der Waals surface area contributed by atoms with Gasteiger partial charge in [0.05, 0.1) is 17.1 Å². The first kappa shape index (κ1) is 24.3. The van der Waals surface area contributed by atoms with E-state index in [1.165, 1.54) is 30.6 Å². The minimum absolute atomic E-state index is 0.109. The molecule has 1 aromatic carbocycles. The third kappa shape index (κ3) is 6.16.